The van der Waals surface area contributed by atoms with Crippen LogP contribution in [-0.2, 0) is 4.79 Å². The Kier molecular flexibility index (Phi) is 3.29. The number of carbonyl (C=O) groups is 1. The standard InChI is InChI=1S/C10H13N3O/c1-7-10(8(2)13-12-7)5-4-6-11-9(3)14/h6H2,1-3H3,(H,11,14)(H,12,13). The van der Waals surface area contributed by atoms with Gasteiger partial charge in [-0.3, -0.25) is 9.89 Å². The van der Waals surface area contributed by atoms with Crippen LogP contribution in [0.3, 0.4) is 0 Å². The van der Waals surface area contributed by atoms with E-state index in [9.17, 15) is 4.79 Å². The van der Waals surface area contributed by atoms with Crippen LogP contribution in [0, 0.1) is 25.7 Å². The summed E-state index contributed by atoms with van der Waals surface area (Å²) in [6.07, 6.45) is 0. The molecule has 0 atom stereocenters. The monoisotopic (exact) mass is 191 g/mol. The van der Waals surface area contributed by atoms with Crippen LogP contribution in [0.5, 0.6) is 0 Å². The average molecular weight is 191 g/mol. The first kappa shape index (κ1) is 10.3. The van der Waals surface area contributed by atoms with E-state index in [-0.39, 0.29) is 5.91 Å². The average Bonchev–Trinajstić information content (AvgIpc) is 2.42. The number of amides is 1. The number of nitrogens with one attached hydrogen (secondary N) is 2. The first-order chi connectivity index (χ1) is 6.61. The Balaban J connectivity index is 2.63. The minimum atomic E-state index is -0.0695. The highest BCUT2D eigenvalue weighted by Gasteiger charge is 2.01. The second-order valence-corrected chi connectivity index (χ2v) is 3.02. The molecule has 0 aromatic carbocycles. The fourth-order valence-corrected chi connectivity index (χ4v) is 1.04. The van der Waals surface area contributed by atoms with Crippen LogP contribution in [0.1, 0.15) is 23.9 Å². The largest absolute Gasteiger partial charge is 0.345 e. The van der Waals surface area contributed by atoms with Gasteiger partial charge in [0.05, 0.1) is 17.8 Å². The van der Waals surface area contributed by atoms with Gasteiger partial charge in [-0.25, -0.2) is 0 Å². The third-order valence-corrected chi connectivity index (χ3v) is 1.77. The maximum atomic E-state index is 10.5. The molecule has 0 fully saturated rings. The molecule has 1 amide bonds. The Morgan fingerprint density at radius 3 is 2.79 bits per heavy atom. The van der Waals surface area contributed by atoms with Gasteiger partial charge >= 0.3 is 0 Å². The molecule has 1 rings (SSSR count). The molecule has 2 N–H and O–H groups in total. The molecule has 4 nitrogen and oxygen atoms in total. The minimum absolute atomic E-state index is 0.0695. The Bertz CT molecular complexity index is 376. The summed E-state index contributed by atoms with van der Waals surface area (Å²) in [5, 5.41) is 9.47. The summed E-state index contributed by atoms with van der Waals surface area (Å²) in [5.41, 5.74) is 2.76. The van der Waals surface area contributed by atoms with E-state index in [1.54, 1.807) is 0 Å². The maximum absolute atomic E-state index is 10.5. The zero-order valence-electron chi connectivity index (χ0n) is 8.56. The summed E-state index contributed by atoms with van der Waals surface area (Å²) >= 11 is 0. The molecular weight excluding hydrogens is 178 g/mol. The van der Waals surface area contributed by atoms with E-state index >= 15 is 0 Å². The third-order valence-electron chi connectivity index (χ3n) is 1.77. The van der Waals surface area contributed by atoms with Crippen LogP contribution in [0.4, 0.5) is 0 Å². The maximum Gasteiger partial charge on any atom is 0.217 e. The van der Waals surface area contributed by atoms with Gasteiger partial charge in [-0.2, -0.15) is 5.10 Å². The summed E-state index contributed by atoms with van der Waals surface area (Å²) in [5.74, 6) is 5.75. The quantitative estimate of drug-likeness (QED) is 0.635. The molecule has 4 heteroatoms. The Hall–Kier alpha value is -1.76. The van der Waals surface area contributed by atoms with Gasteiger partial charge in [0, 0.05) is 12.6 Å². The van der Waals surface area contributed by atoms with Crippen LogP contribution in [0.25, 0.3) is 0 Å². The van der Waals surface area contributed by atoms with E-state index < -0.39 is 0 Å². The predicted octanol–water partition coefficient (Wildman–Crippen LogP) is 0.514. The first-order valence-corrected chi connectivity index (χ1v) is 4.36. The SMILES string of the molecule is CC(=O)NCC#Cc1c(C)n[nH]c1C. The summed E-state index contributed by atoms with van der Waals surface area (Å²) in [6, 6.07) is 0. The van der Waals surface area contributed by atoms with Crippen molar-refractivity contribution < 1.29 is 4.79 Å². The van der Waals surface area contributed by atoms with Crippen molar-refractivity contribution in [3.05, 3.63) is 17.0 Å². The zero-order valence-corrected chi connectivity index (χ0v) is 8.56. The number of aryl methyl sites for hydroxylation is 2. The van der Waals surface area contributed by atoms with Crippen molar-refractivity contribution in [3.8, 4) is 11.8 Å². The topological polar surface area (TPSA) is 57.8 Å². The number of H-pyrrole nitrogens is 1. The number of aromatic amines is 1. The number of rotatable bonds is 1. The van der Waals surface area contributed by atoms with Crippen molar-refractivity contribution in [2.24, 2.45) is 0 Å². The highest BCUT2D eigenvalue weighted by molar-refractivity contribution is 5.73. The van der Waals surface area contributed by atoms with Crippen molar-refractivity contribution in [2.75, 3.05) is 6.54 Å². The molecule has 0 spiro atoms. The highest BCUT2D eigenvalue weighted by atomic mass is 16.1. The molecule has 1 aromatic rings. The van der Waals surface area contributed by atoms with E-state index in [2.05, 4.69) is 27.4 Å². The highest BCUT2D eigenvalue weighted by Crippen LogP contribution is 2.05. The summed E-state index contributed by atoms with van der Waals surface area (Å²) < 4.78 is 0. The fraction of sp³-hybridized carbons (Fsp3) is 0.400. The van der Waals surface area contributed by atoms with Crippen molar-refractivity contribution in [1.29, 1.82) is 0 Å². The van der Waals surface area contributed by atoms with Gasteiger partial charge in [0.15, 0.2) is 0 Å². The van der Waals surface area contributed by atoms with Gasteiger partial charge in [0.25, 0.3) is 0 Å². The summed E-state index contributed by atoms with van der Waals surface area (Å²) in [6.45, 7) is 5.66. The predicted molar refractivity (Wildman–Crippen MR) is 53.6 cm³/mol. The zero-order chi connectivity index (χ0) is 10.6. The Morgan fingerprint density at radius 1 is 1.57 bits per heavy atom. The molecule has 0 saturated heterocycles. The second-order valence-electron chi connectivity index (χ2n) is 3.02. The number of hydrogen-bond acceptors (Lipinski definition) is 2. The van der Waals surface area contributed by atoms with E-state index in [0.717, 1.165) is 17.0 Å². The van der Waals surface area contributed by atoms with E-state index in [0.29, 0.717) is 6.54 Å². The Labute approximate surface area is 83.1 Å². The van der Waals surface area contributed by atoms with Crippen LogP contribution in [-0.4, -0.2) is 22.6 Å². The minimum Gasteiger partial charge on any atom is -0.345 e. The number of carbonyl (C=O) groups excluding carboxylic acids is 1. The van der Waals surface area contributed by atoms with E-state index in [1.165, 1.54) is 6.92 Å². The van der Waals surface area contributed by atoms with Crippen LogP contribution >= 0.6 is 0 Å². The van der Waals surface area contributed by atoms with Gasteiger partial charge in [-0.1, -0.05) is 11.8 Å². The van der Waals surface area contributed by atoms with Crippen LogP contribution in [0.2, 0.25) is 0 Å². The first-order valence-electron chi connectivity index (χ1n) is 4.36. The van der Waals surface area contributed by atoms with Gasteiger partial charge < -0.3 is 5.32 Å². The molecule has 74 valence electrons. The molecule has 0 aliphatic rings. The number of aromatic nitrogens is 2. The molecule has 0 saturated carbocycles. The molecule has 0 radical (unpaired) electrons. The Morgan fingerprint density at radius 2 is 2.29 bits per heavy atom. The lowest BCUT2D eigenvalue weighted by atomic mass is 10.2. The van der Waals surface area contributed by atoms with Crippen LogP contribution in [0.15, 0.2) is 0 Å². The van der Waals surface area contributed by atoms with Crippen molar-refractivity contribution >= 4 is 5.91 Å². The number of hydrogen-bond donors (Lipinski definition) is 2. The molecule has 0 aliphatic carbocycles. The molecule has 1 heterocycles. The van der Waals surface area contributed by atoms with Crippen molar-refractivity contribution in [3.63, 3.8) is 0 Å². The lowest BCUT2D eigenvalue weighted by Crippen LogP contribution is -2.19. The summed E-state index contributed by atoms with van der Waals surface area (Å²) in [7, 11) is 0. The van der Waals surface area contributed by atoms with E-state index in [4.69, 9.17) is 0 Å². The summed E-state index contributed by atoms with van der Waals surface area (Å²) in [4.78, 5) is 10.5. The molecular formula is C10H13N3O. The fourth-order valence-electron chi connectivity index (χ4n) is 1.04. The lowest BCUT2D eigenvalue weighted by Gasteiger charge is -1.91. The van der Waals surface area contributed by atoms with E-state index in [1.807, 2.05) is 13.8 Å². The normalized spacial score (nSPS) is 9.07. The van der Waals surface area contributed by atoms with Gasteiger partial charge in [0.2, 0.25) is 5.91 Å². The van der Waals surface area contributed by atoms with Gasteiger partial charge in [-0.15, -0.1) is 0 Å². The molecule has 0 unspecified atom stereocenters. The third kappa shape index (κ3) is 2.63. The van der Waals surface area contributed by atoms with Crippen molar-refractivity contribution in [1.82, 2.24) is 15.5 Å². The van der Waals surface area contributed by atoms with Crippen molar-refractivity contribution in [2.45, 2.75) is 20.8 Å². The van der Waals surface area contributed by atoms with Crippen LogP contribution < -0.4 is 5.32 Å². The second kappa shape index (κ2) is 4.47. The molecule has 0 bridgehead atoms. The number of nitrogens with zero attached hydrogens (tertiary/aromatic N) is 1. The van der Waals surface area contributed by atoms with Gasteiger partial charge in [-0.05, 0) is 13.8 Å². The smallest absolute Gasteiger partial charge is 0.217 e. The molecule has 14 heavy (non-hydrogen) atoms. The lowest BCUT2D eigenvalue weighted by molar-refractivity contribution is -0.118. The van der Waals surface area contributed by atoms with Gasteiger partial charge in [0.1, 0.15) is 0 Å². The molecule has 1 aromatic heterocycles. The molecule has 0 aliphatic heterocycles.